The molecule has 0 aliphatic carbocycles. The van der Waals surface area contributed by atoms with Gasteiger partial charge >= 0.3 is 11.8 Å². The van der Waals surface area contributed by atoms with Crippen molar-refractivity contribution in [2.24, 2.45) is 0 Å². The van der Waals surface area contributed by atoms with E-state index < -0.39 is 11.8 Å². The lowest BCUT2D eigenvalue weighted by Crippen LogP contribution is -2.62. The summed E-state index contributed by atoms with van der Waals surface area (Å²) in [6.07, 6.45) is 0. The summed E-state index contributed by atoms with van der Waals surface area (Å²) < 4.78 is 5.18. The van der Waals surface area contributed by atoms with Crippen LogP contribution in [0.2, 0.25) is 0 Å². The van der Waals surface area contributed by atoms with Gasteiger partial charge in [0.2, 0.25) is 0 Å². The first-order valence-electron chi connectivity index (χ1n) is 3.95. The average Bonchev–Trinajstić information content (AvgIpc) is 2.12. The molecule has 5 nitrogen and oxygen atoms in total. The van der Waals surface area contributed by atoms with Gasteiger partial charge in [0.25, 0.3) is 0 Å². The number of nitrogens with one attached hydrogen (secondary N) is 1. The van der Waals surface area contributed by atoms with E-state index in [0.717, 1.165) is 0 Å². The number of carbonyl (C=O) groups is 2. The van der Waals surface area contributed by atoms with Gasteiger partial charge in [-0.2, -0.15) is 0 Å². The zero-order valence-corrected chi connectivity index (χ0v) is 6.58. The minimum Gasteiger partial charge on any atom is -0.377 e. The summed E-state index contributed by atoms with van der Waals surface area (Å²) in [5, 5.41) is 2.52. The lowest BCUT2D eigenvalue weighted by atomic mass is 10.1. The largest absolute Gasteiger partial charge is 0.377 e. The predicted octanol–water partition coefficient (Wildman–Crippen LogP) is -1.66. The first-order valence-corrected chi connectivity index (χ1v) is 3.95. The van der Waals surface area contributed by atoms with Gasteiger partial charge in [0.05, 0.1) is 19.3 Å². The quantitative estimate of drug-likeness (QED) is 0.443. The van der Waals surface area contributed by atoms with Crippen LogP contribution in [0.3, 0.4) is 0 Å². The molecular formula is C7H10N2O3. The molecule has 0 aromatic heterocycles. The van der Waals surface area contributed by atoms with Gasteiger partial charge in [0, 0.05) is 13.1 Å². The summed E-state index contributed by atoms with van der Waals surface area (Å²) in [7, 11) is 0. The summed E-state index contributed by atoms with van der Waals surface area (Å²) >= 11 is 0. The molecule has 2 heterocycles. The van der Waals surface area contributed by atoms with Crippen LogP contribution < -0.4 is 5.32 Å². The molecule has 0 radical (unpaired) electrons. The molecule has 2 aliphatic heterocycles. The van der Waals surface area contributed by atoms with E-state index in [0.29, 0.717) is 26.3 Å². The van der Waals surface area contributed by atoms with Crippen LogP contribution in [0.5, 0.6) is 0 Å². The fraction of sp³-hybridized carbons (Fsp3) is 0.714. The second kappa shape index (κ2) is 2.75. The smallest absolute Gasteiger partial charge is 0.312 e. The van der Waals surface area contributed by atoms with Gasteiger partial charge in [-0.05, 0) is 0 Å². The highest BCUT2D eigenvalue weighted by atomic mass is 16.5. The SMILES string of the molecule is O=C1NCC2COCCN2C1=O. The third-order valence-corrected chi connectivity index (χ3v) is 2.18. The van der Waals surface area contributed by atoms with E-state index in [1.165, 1.54) is 0 Å². The molecule has 0 aromatic carbocycles. The second-order valence-electron chi connectivity index (χ2n) is 2.94. The van der Waals surface area contributed by atoms with Gasteiger partial charge < -0.3 is 15.0 Å². The number of fused-ring (bicyclic) bond motifs is 1. The molecule has 0 aromatic rings. The number of morpholine rings is 1. The Hall–Kier alpha value is -1.10. The van der Waals surface area contributed by atoms with Crippen molar-refractivity contribution in [1.82, 2.24) is 10.2 Å². The standard InChI is InChI=1S/C7H10N2O3/c10-6-7(11)9-1-2-12-4-5(9)3-8-6/h5H,1-4H2,(H,8,10). The van der Waals surface area contributed by atoms with Gasteiger partial charge in [-0.25, -0.2) is 0 Å². The van der Waals surface area contributed by atoms with Crippen LogP contribution in [-0.2, 0) is 14.3 Å². The molecule has 0 bridgehead atoms. The van der Waals surface area contributed by atoms with Crippen molar-refractivity contribution in [1.29, 1.82) is 0 Å². The molecule has 66 valence electrons. The van der Waals surface area contributed by atoms with Crippen molar-refractivity contribution in [3.05, 3.63) is 0 Å². The Morgan fingerprint density at radius 3 is 3.17 bits per heavy atom. The molecule has 0 saturated carbocycles. The fourth-order valence-electron chi connectivity index (χ4n) is 1.51. The minimum atomic E-state index is -0.492. The highest BCUT2D eigenvalue weighted by molar-refractivity contribution is 6.35. The van der Waals surface area contributed by atoms with Crippen LogP contribution in [-0.4, -0.2) is 49.1 Å². The van der Waals surface area contributed by atoms with Crippen LogP contribution in [0, 0.1) is 0 Å². The third kappa shape index (κ3) is 1.06. The number of piperazine rings is 1. The molecule has 0 spiro atoms. The highest BCUT2D eigenvalue weighted by Gasteiger charge is 2.35. The Bertz CT molecular complexity index is 229. The van der Waals surface area contributed by atoms with Crippen LogP contribution in [0.4, 0.5) is 0 Å². The van der Waals surface area contributed by atoms with Gasteiger partial charge in [0.1, 0.15) is 0 Å². The third-order valence-electron chi connectivity index (χ3n) is 2.18. The Balaban J connectivity index is 2.13. The Kier molecular flexibility index (Phi) is 1.73. The molecule has 5 heteroatoms. The summed E-state index contributed by atoms with van der Waals surface area (Å²) in [6, 6.07) is 0.0453. The van der Waals surface area contributed by atoms with Crippen molar-refractivity contribution < 1.29 is 14.3 Å². The van der Waals surface area contributed by atoms with E-state index in [1.807, 2.05) is 0 Å². The normalized spacial score (nSPS) is 29.7. The zero-order valence-electron chi connectivity index (χ0n) is 6.58. The van der Waals surface area contributed by atoms with E-state index in [9.17, 15) is 9.59 Å². The van der Waals surface area contributed by atoms with Crippen molar-refractivity contribution in [2.75, 3.05) is 26.3 Å². The van der Waals surface area contributed by atoms with E-state index in [-0.39, 0.29) is 6.04 Å². The van der Waals surface area contributed by atoms with Crippen LogP contribution in [0.25, 0.3) is 0 Å². The molecule has 1 unspecified atom stereocenters. The number of ether oxygens (including phenoxy) is 1. The van der Waals surface area contributed by atoms with Crippen LogP contribution in [0.15, 0.2) is 0 Å². The molecule has 2 saturated heterocycles. The molecule has 1 N–H and O–H groups in total. The summed E-state index contributed by atoms with van der Waals surface area (Å²) in [6.45, 7) is 2.13. The van der Waals surface area contributed by atoms with Crippen molar-refractivity contribution >= 4 is 11.8 Å². The number of rotatable bonds is 0. The Morgan fingerprint density at radius 2 is 2.33 bits per heavy atom. The lowest BCUT2D eigenvalue weighted by molar-refractivity contribution is -0.155. The average molecular weight is 170 g/mol. The maximum absolute atomic E-state index is 11.2. The van der Waals surface area contributed by atoms with Gasteiger partial charge in [-0.3, -0.25) is 9.59 Å². The number of hydrogen-bond acceptors (Lipinski definition) is 3. The number of nitrogens with zero attached hydrogens (tertiary/aromatic N) is 1. The number of hydrogen-bond donors (Lipinski definition) is 1. The van der Waals surface area contributed by atoms with Crippen LogP contribution in [0.1, 0.15) is 0 Å². The summed E-state index contributed by atoms with van der Waals surface area (Å²) in [5.41, 5.74) is 0. The predicted molar refractivity (Wildman–Crippen MR) is 39.3 cm³/mol. The Labute approximate surface area is 69.7 Å². The maximum Gasteiger partial charge on any atom is 0.312 e. The topological polar surface area (TPSA) is 58.6 Å². The molecule has 2 fully saturated rings. The van der Waals surface area contributed by atoms with Gasteiger partial charge in [0.15, 0.2) is 0 Å². The second-order valence-corrected chi connectivity index (χ2v) is 2.94. The first-order chi connectivity index (χ1) is 5.79. The monoisotopic (exact) mass is 170 g/mol. The fourth-order valence-corrected chi connectivity index (χ4v) is 1.51. The van der Waals surface area contributed by atoms with E-state index in [4.69, 9.17) is 4.74 Å². The van der Waals surface area contributed by atoms with Crippen LogP contribution >= 0.6 is 0 Å². The van der Waals surface area contributed by atoms with Crippen molar-refractivity contribution in [2.45, 2.75) is 6.04 Å². The van der Waals surface area contributed by atoms with Gasteiger partial charge in [-0.15, -0.1) is 0 Å². The van der Waals surface area contributed by atoms with E-state index in [2.05, 4.69) is 5.32 Å². The summed E-state index contributed by atoms with van der Waals surface area (Å²) in [5.74, 6) is -0.914. The first kappa shape index (κ1) is 7.54. The zero-order chi connectivity index (χ0) is 8.55. The molecule has 1 atom stereocenters. The van der Waals surface area contributed by atoms with E-state index >= 15 is 0 Å². The molecule has 2 aliphatic rings. The van der Waals surface area contributed by atoms with E-state index in [1.54, 1.807) is 4.90 Å². The highest BCUT2D eigenvalue weighted by Crippen LogP contribution is 2.09. The summed E-state index contributed by atoms with van der Waals surface area (Å²) in [4.78, 5) is 23.7. The van der Waals surface area contributed by atoms with Gasteiger partial charge in [-0.1, -0.05) is 0 Å². The Morgan fingerprint density at radius 1 is 1.50 bits per heavy atom. The lowest BCUT2D eigenvalue weighted by Gasteiger charge is -2.38. The number of carbonyl (C=O) groups excluding carboxylic acids is 2. The molecule has 12 heavy (non-hydrogen) atoms. The minimum absolute atomic E-state index is 0.0453. The molecule has 2 amide bonds. The number of amides is 2. The molecular weight excluding hydrogens is 160 g/mol. The van der Waals surface area contributed by atoms with Crippen molar-refractivity contribution in [3.63, 3.8) is 0 Å². The van der Waals surface area contributed by atoms with Crippen molar-refractivity contribution in [3.8, 4) is 0 Å². The molecule has 2 rings (SSSR count). The maximum atomic E-state index is 11.2.